The second kappa shape index (κ2) is 23.5. The van der Waals surface area contributed by atoms with Crippen LogP contribution < -0.4 is 19.4 Å². The van der Waals surface area contributed by atoms with Gasteiger partial charge in [0.25, 0.3) is 18.8 Å². The molecular weight excluding hydrogens is 1200 g/mol. The molecule has 4 aromatic carbocycles. The van der Waals surface area contributed by atoms with Crippen LogP contribution >= 0.6 is 15.9 Å². The number of rotatable bonds is 13. The van der Waals surface area contributed by atoms with Gasteiger partial charge in [0.1, 0.15) is 22.7 Å². The Balaban J connectivity index is 0.000000192. The zero-order valence-electron chi connectivity index (χ0n) is 50.3. The fraction of sp³-hybridized carbons (Fsp3) is 0.474. The number of amides is 1. The van der Waals surface area contributed by atoms with Crippen LogP contribution in [0, 0.1) is 0 Å². The van der Waals surface area contributed by atoms with Crippen LogP contribution in [0.1, 0.15) is 141 Å². The molecule has 3 aliphatic heterocycles. The van der Waals surface area contributed by atoms with Gasteiger partial charge in [0.05, 0.1) is 68.6 Å². The molecule has 3 aliphatic rings. The molecule has 0 radical (unpaired) electrons. The fourth-order valence-electron chi connectivity index (χ4n) is 9.05. The van der Waals surface area contributed by atoms with Crippen LogP contribution in [0.3, 0.4) is 0 Å². The van der Waals surface area contributed by atoms with Crippen molar-refractivity contribution in [3.05, 3.63) is 99.5 Å². The molecule has 3 fully saturated rings. The Bertz CT molecular complexity index is 3630. The maximum atomic E-state index is 13.1. The summed E-state index contributed by atoms with van der Waals surface area (Å²) in [6.07, 6.45) is -2.91. The molecule has 1 amide bonds. The van der Waals surface area contributed by atoms with Crippen LogP contribution in [0.2, 0.25) is 0 Å². The lowest BCUT2D eigenvalue weighted by molar-refractivity contribution is 0.00578. The third-order valence-electron chi connectivity index (χ3n) is 16.4. The van der Waals surface area contributed by atoms with Crippen molar-refractivity contribution in [1.82, 2.24) is 5.32 Å². The summed E-state index contributed by atoms with van der Waals surface area (Å²) in [5.41, 5.74) is -0.131. The Morgan fingerprint density at radius 2 is 0.905 bits per heavy atom. The molecule has 0 aliphatic carbocycles. The number of carbonyl (C=O) groups is 2. The third-order valence-corrected chi connectivity index (χ3v) is 19.5. The molecule has 9 rings (SSSR count). The molecule has 1 N–H and O–H groups in total. The molecule has 6 aromatic rings. The molecule has 0 atom stereocenters. The van der Waals surface area contributed by atoms with Gasteiger partial charge >= 0.3 is 21.1 Å². The highest BCUT2D eigenvalue weighted by Gasteiger charge is 2.64. The van der Waals surface area contributed by atoms with Gasteiger partial charge in [-0.1, -0.05) is 55.5 Å². The summed E-state index contributed by atoms with van der Waals surface area (Å²) >= 11 is 3.34. The van der Waals surface area contributed by atoms with Gasteiger partial charge in [0, 0.05) is 82.7 Å². The zero-order valence-corrected chi connectivity index (χ0v) is 53.6. The minimum Gasteiger partial charge on any atom is -0.455 e. The van der Waals surface area contributed by atoms with E-state index in [0.29, 0.717) is 37.5 Å². The van der Waals surface area contributed by atoms with E-state index >= 15 is 0 Å². The van der Waals surface area contributed by atoms with Gasteiger partial charge in [-0.15, -0.1) is 0 Å². The molecule has 84 heavy (non-hydrogen) atoms. The van der Waals surface area contributed by atoms with Crippen molar-refractivity contribution in [2.45, 2.75) is 143 Å². The SMILES string of the molecule is CC1(C)OB(B2OC(C)(C)C(C)(C)O2)OC1(C)C.CCC(=O)c1c(-c2ccc(C(F)F)cc2)oc2cc(N(C)S(C)(=O)=O)c(B3OC(C)(C)C(C)(C)O3)cc12.CNC(=O)c1c(-c2ccc(C(F)F)cc2)oc2cc(N(C)S(C)(=O)=O)c(Br)cc12. The number of alkyl halides is 4. The number of Topliss-reactive ketones (excluding diaryl/α,β-unsaturated/α-hetero) is 1. The molecule has 17 nitrogen and oxygen atoms in total. The number of carbonyl (C=O) groups excluding carboxylic acids is 2. The summed E-state index contributed by atoms with van der Waals surface area (Å²) in [6, 6.07) is 17.2. The lowest BCUT2D eigenvalue weighted by atomic mass is 9.49. The van der Waals surface area contributed by atoms with E-state index in [9.17, 15) is 44.0 Å². The number of nitrogens with one attached hydrogen (secondary N) is 1. The smallest absolute Gasteiger partial charge is 0.455 e. The van der Waals surface area contributed by atoms with Gasteiger partial charge in [-0.3, -0.25) is 18.2 Å². The summed E-state index contributed by atoms with van der Waals surface area (Å²) in [7, 11) is -4.80. The number of furan rings is 2. The van der Waals surface area contributed by atoms with E-state index in [4.69, 9.17) is 36.8 Å². The van der Waals surface area contributed by atoms with Gasteiger partial charge in [0.2, 0.25) is 20.0 Å². The van der Waals surface area contributed by atoms with Crippen LogP contribution in [0.5, 0.6) is 0 Å². The fourth-order valence-corrected chi connectivity index (χ4v) is 10.8. The first-order valence-corrected chi connectivity index (χ1v) is 31.3. The lowest BCUT2D eigenvalue weighted by Gasteiger charge is -2.32. The number of hydrogen-bond acceptors (Lipinski definition) is 14. The van der Waals surface area contributed by atoms with E-state index < -0.39 is 71.1 Å². The molecule has 0 spiro atoms. The largest absolute Gasteiger partial charge is 0.497 e. The monoisotopic (exact) mass is 1270 g/mol. The quantitative estimate of drug-likeness (QED) is 0.0650. The molecule has 0 saturated carbocycles. The summed E-state index contributed by atoms with van der Waals surface area (Å²) in [5.74, 6) is -0.212. The highest BCUT2D eigenvalue weighted by atomic mass is 79.9. The Labute approximate surface area is 498 Å². The standard InChI is InChI=1S/C26H30BF2NO6S.C19H17BrF2N2O4S.C12H24B2O4/c1-8-20(31)22-17-13-18(27-35-25(2,3)26(4,5)36-27)19(30(6)37(7,32)33)14-21(17)34-23(22)15-9-11-16(12-10-15)24(28)29;1-23-19(25)16-12-8-13(20)14(24(2)29(3,26)27)9-15(12)28-17(16)10-4-6-11(7-5-10)18(21)22;1-9(2)10(3,4)16-13(15-9)14-17-11(5,6)12(7,8)18-14/h9-14,24H,8H2,1-7H3;4-9,18H,1-3H3,(H,23,25);1-8H3. The van der Waals surface area contributed by atoms with E-state index in [1.54, 1.807) is 25.1 Å². The molecule has 454 valence electrons. The van der Waals surface area contributed by atoms with E-state index in [0.717, 1.165) is 21.1 Å². The Kier molecular flexibility index (Phi) is 18.5. The minimum atomic E-state index is -3.68. The molecule has 0 bridgehead atoms. The number of fused-ring (bicyclic) bond motifs is 2. The molecule has 3 saturated heterocycles. The predicted molar refractivity (Wildman–Crippen MR) is 323 cm³/mol. The van der Waals surface area contributed by atoms with Crippen molar-refractivity contribution in [3.63, 3.8) is 0 Å². The van der Waals surface area contributed by atoms with Crippen LogP contribution in [0.4, 0.5) is 28.9 Å². The average Bonchev–Trinajstić information content (AvgIpc) is 1.85. The number of sulfonamides is 2. The highest BCUT2D eigenvalue weighted by Crippen LogP contribution is 2.45. The van der Waals surface area contributed by atoms with Crippen molar-refractivity contribution >= 4 is 108 Å². The maximum absolute atomic E-state index is 13.1. The third kappa shape index (κ3) is 13.0. The second-order valence-corrected chi connectivity index (χ2v) is 28.7. The summed E-state index contributed by atoms with van der Waals surface area (Å²) in [5, 5.41) is 3.45. The van der Waals surface area contributed by atoms with Crippen LogP contribution in [0.15, 0.2) is 86.1 Å². The molecular formula is C57H71B3BrF4N3O14S2. The number of benzene rings is 4. The molecule has 2 aromatic heterocycles. The number of anilines is 2. The number of hydrogen-bond donors (Lipinski definition) is 1. The normalized spacial score (nSPS) is 18.5. The lowest BCUT2D eigenvalue weighted by Crippen LogP contribution is -2.41. The van der Waals surface area contributed by atoms with Gasteiger partial charge < -0.3 is 42.1 Å². The van der Waals surface area contributed by atoms with E-state index in [-0.39, 0.29) is 85.2 Å². The van der Waals surface area contributed by atoms with Gasteiger partial charge in [0.15, 0.2) is 5.78 Å². The summed E-state index contributed by atoms with van der Waals surface area (Å²) in [4.78, 5) is 25.7. The van der Waals surface area contributed by atoms with Gasteiger partial charge in [-0.2, -0.15) is 0 Å². The van der Waals surface area contributed by atoms with Crippen LogP contribution in [-0.2, 0) is 48.0 Å². The average molecular weight is 1270 g/mol. The van der Waals surface area contributed by atoms with E-state index in [1.165, 1.54) is 75.7 Å². The highest BCUT2D eigenvalue weighted by molar-refractivity contribution is 9.10. The first kappa shape index (κ1) is 66.3. The van der Waals surface area contributed by atoms with Crippen molar-refractivity contribution in [2.24, 2.45) is 0 Å². The van der Waals surface area contributed by atoms with Gasteiger partial charge in [-0.25, -0.2) is 34.4 Å². The van der Waals surface area contributed by atoms with Crippen LogP contribution in [-0.4, -0.2) is 117 Å². The summed E-state index contributed by atoms with van der Waals surface area (Å²) < 4.78 is 152. The van der Waals surface area contributed by atoms with Crippen LogP contribution in [0.25, 0.3) is 44.6 Å². The molecule has 0 unspecified atom stereocenters. The maximum Gasteiger partial charge on any atom is 0.497 e. The predicted octanol–water partition coefficient (Wildman–Crippen LogP) is 12.1. The van der Waals surface area contributed by atoms with Crippen molar-refractivity contribution in [1.29, 1.82) is 0 Å². The second-order valence-electron chi connectivity index (χ2n) is 23.8. The Hall–Kier alpha value is -5.25. The van der Waals surface area contributed by atoms with Crippen molar-refractivity contribution < 1.29 is 80.7 Å². The first-order valence-electron chi connectivity index (χ1n) is 26.8. The topological polar surface area (TPSA) is 203 Å². The Morgan fingerprint density at radius 3 is 1.26 bits per heavy atom. The molecule has 27 heteroatoms. The van der Waals surface area contributed by atoms with E-state index in [1.807, 2.05) is 83.1 Å². The summed E-state index contributed by atoms with van der Waals surface area (Å²) in [6.45, 7) is 25.5. The molecule has 5 heterocycles. The first-order chi connectivity index (χ1) is 38.5. The Morgan fingerprint density at radius 1 is 0.560 bits per heavy atom. The number of halogens is 5. The number of ketones is 1. The zero-order chi connectivity index (χ0) is 63.0. The van der Waals surface area contributed by atoms with Crippen molar-refractivity contribution in [2.75, 3.05) is 42.3 Å². The van der Waals surface area contributed by atoms with Crippen molar-refractivity contribution in [3.8, 4) is 22.6 Å². The number of nitrogens with zero attached hydrogens (tertiary/aromatic N) is 2. The minimum absolute atomic E-state index is 0.147. The van der Waals surface area contributed by atoms with E-state index in [2.05, 4.69) is 21.2 Å². The van der Waals surface area contributed by atoms with Gasteiger partial charge in [-0.05, 0) is 111 Å².